The lowest BCUT2D eigenvalue weighted by Gasteiger charge is -2.18. The summed E-state index contributed by atoms with van der Waals surface area (Å²) in [7, 11) is 0. The van der Waals surface area contributed by atoms with Gasteiger partial charge in [0.05, 0.1) is 6.42 Å². The van der Waals surface area contributed by atoms with Crippen LogP contribution in [0.1, 0.15) is 310 Å². The fourth-order valence-electron chi connectivity index (χ4n) is 9.40. The van der Waals surface area contributed by atoms with E-state index in [1.807, 2.05) is 6.08 Å². The smallest absolute Gasteiger partial charge is 0.309 e. The van der Waals surface area contributed by atoms with Gasteiger partial charge in [-0.05, 0) is 96.3 Å². The van der Waals surface area contributed by atoms with Gasteiger partial charge in [0.1, 0.15) is 13.2 Å². The topological polar surface area (TPSA) is 78.9 Å². The van der Waals surface area contributed by atoms with E-state index in [0.29, 0.717) is 12.8 Å². The zero-order chi connectivity index (χ0) is 59.2. The summed E-state index contributed by atoms with van der Waals surface area (Å²) in [5.74, 6) is -1.04. The molecule has 0 aliphatic carbocycles. The van der Waals surface area contributed by atoms with E-state index in [9.17, 15) is 14.4 Å². The molecule has 0 fully saturated rings. The molecular weight excluding hydrogens is 1010 g/mol. The number of hydrogen-bond donors (Lipinski definition) is 0. The molecule has 0 aromatic heterocycles. The summed E-state index contributed by atoms with van der Waals surface area (Å²) in [6.45, 7) is 6.35. The number of carbonyl (C=O) groups excluding carboxylic acids is 3. The highest BCUT2D eigenvalue weighted by Gasteiger charge is 2.19. The zero-order valence-corrected chi connectivity index (χ0v) is 53.5. The normalized spacial score (nSPS) is 13.0. The van der Waals surface area contributed by atoms with Crippen LogP contribution in [0.15, 0.2) is 134 Å². The lowest BCUT2D eigenvalue weighted by molar-refractivity contribution is -0.166. The fourth-order valence-corrected chi connectivity index (χ4v) is 9.40. The molecule has 466 valence electrons. The van der Waals surface area contributed by atoms with Crippen molar-refractivity contribution in [2.75, 3.05) is 13.2 Å². The van der Waals surface area contributed by atoms with E-state index >= 15 is 0 Å². The minimum atomic E-state index is -0.822. The second kappa shape index (κ2) is 69.0. The molecule has 0 bridgehead atoms. The van der Waals surface area contributed by atoms with Crippen LogP contribution in [0.3, 0.4) is 0 Å². The van der Waals surface area contributed by atoms with Gasteiger partial charge in [-0.1, -0.05) is 328 Å². The highest BCUT2D eigenvalue weighted by Crippen LogP contribution is 2.17. The van der Waals surface area contributed by atoms with Crippen molar-refractivity contribution in [1.82, 2.24) is 0 Å². The molecule has 0 heterocycles. The van der Waals surface area contributed by atoms with Crippen LogP contribution in [0.5, 0.6) is 0 Å². The van der Waals surface area contributed by atoms with Gasteiger partial charge in [0.25, 0.3) is 0 Å². The van der Waals surface area contributed by atoms with Crippen LogP contribution in [0.2, 0.25) is 0 Å². The molecule has 6 heteroatoms. The van der Waals surface area contributed by atoms with Crippen molar-refractivity contribution in [3.05, 3.63) is 134 Å². The largest absolute Gasteiger partial charge is 0.462 e. The van der Waals surface area contributed by atoms with Gasteiger partial charge in [-0.25, -0.2) is 0 Å². The second-order valence-electron chi connectivity index (χ2n) is 22.3. The van der Waals surface area contributed by atoms with E-state index in [1.165, 1.54) is 161 Å². The van der Waals surface area contributed by atoms with Crippen molar-refractivity contribution in [3.63, 3.8) is 0 Å². The predicted octanol–water partition coefficient (Wildman–Crippen LogP) is 23.7. The van der Waals surface area contributed by atoms with E-state index in [4.69, 9.17) is 14.2 Å². The number of rotatable bonds is 61. The summed E-state index contributed by atoms with van der Waals surface area (Å²) in [5.41, 5.74) is 0. The molecule has 1 unspecified atom stereocenters. The monoisotopic (exact) mass is 1130 g/mol. The van der Waals surface area contributed by atoms with Gasteiger partial charge in [-0.15, -0.1) is 0 Å². The first kappa shape index (κ1) is 77.5. The summed E-state index contributed by atoms with van der Waals surface area (Å²) in [4.78, 5) is 38.3. The van der Waals surface area contributed by atoms with Crippen LogP contribution in [0.25, 0.3) is 0 Å². The van der Waals surface area contributed by atoms with E-state index in [-0.39, 0.29) is 31.6 Å². The Bertz CT molecular complexity index is 1730. The van der Waals surface area contributed by atoms with Crippen molar-refractivity contribution in [2.45, 2.75) is 316 Å². The molecule has 0 aliphatic heterocycles. The summed E-state index contributed by atoms with van der Waals surface area (Å²) < 4.78 is 16.8. The molecule has 0 aromatic carbocycles. The van der Waals surface area contributed by atoms with Gasteiger partial charge in [-0.3, -0.25) is 14.4 Å². The van der Waals surface area contributed by atoms with Crippen LogP contribution >= 0.6 is 0 Å². The first-order chi connectivity index (χ1) is 40.5. The Morgan fingerprint density at radius 1 is 0.268 bits per heavy atom. The average Bonchev–Trinajstić information content (AvgIpc) is 3.47. The van der Waals surface area contributed by atoms with E-state index < -0.39 is 12.1 Å². The highest BCUT2D eigenvalue weighted by molar-refractivity contribution is 5.72. The molecule has 0 radical (unpaired) electrons. The third-order valence-corrected chi connectivity index (χ3v) is 14.4. The number of allylic oxidation sites excluding steroid dienone is 21. The minimum Gasteiger partial charge on any atom is -0.462 e. The maximum atomic E-state index is 12.9. The van der Waals surface area contributed by atoms with Crippen LogP contribution < -0.4 is 0 Å². The van der Waals surface area contributed by atoms with Crippen molar-refractivity contribution < 1.29 is 28.6 Å². The minimum absolute atomic E-state index is 0.109. The molecule has 0 saturated heterocycles. The Hall–Kier alpha value is -4.45. The number of carbonyl (C=O) groups is 3. The first-order valence-electron chi connectivity index (χ1n) is 34.2. The maximum absolute atomic E-state index is 12.9. The number of unbranched alkanes of at least 4 members (excludes halogenated alkanes) is 29. The maximum Gasteiger partial charge on any atom is 0.309 e. The Morgan fingerprint density at radius 3 is 0.854 bits per heavy atom. The second-order valence-corrected chi connectivity index (χ2v) is 22.3. The Kier molecular flexibility index (Phi) is 65.3. The van der Waals surface area contributed by atoms with Gasteiger partial charge in [-0.2, -0.15) is 0 Å². The SMILES string of the molecule is CC/C=C\C/C=C\C/C=C\C/C=C\C/C=C\C/C=C\CCCCCCCCCCCCCCC(=O)OCC(COC(=O)C/C=C\C/C=C\C/C=C\C/C=C\C/C=C\CC)OC(=O)CCCCCCCCCCCCCCCCCCCC. The Balaban J connectivity index is 4.34. The Morgan fingerprint density at radius 2 is 0.524 bits per heavy atom. The molecule has 0 N–H and O–H groups in total. The summed E-state index contributed by atoms with van der Waals surface area (Å²) in [6.07, 6.45) is 97.8. The lowest BCUT2D eigenvalue weighted by Crippen LogP contribution is -2.30. The molecule has 0 aromatic rings. The molecular formula is C76H126O6. The average molecular weight is 1140 g/mol. The fraction of sp³-hybridized carbons (Fsp3) is 0.671. The third kappa shape index (κ3) is 66.4. The first-order valence-corrected chi connectivity index (χ1v) is 34.2. The lowest BCUT2D eigenvalue weighted by atomic mass is 10.0. The molecule has 0 saturated carbocycles. The highest BCUT2D eigenvalue weighted by atomic mass is 16.6. The van der Waals surface area contributed by atoms with E-state index in [2.05, 4.69) is 142 Å². The molecule has 82 heavy (non-hydrogen) atoms. The summed E-state index contributed by atoms with van der Waals surface area (Å²) >= 11 is 0. The van der Waals surface area contributed by atoms with Gasteiger partial charge < -0.3 is 14.2 Å². The molecule has 6 nitrogen and oxygen atoms in total. The Labute approximate surface area is 506 Å². The molecule has 0 amide bonds. The number of esters is 3. The van der Waals surface area contributed by atoms with Crippen molar-refractivity contribution in [2.24, 2.45) is 0 Å². The van der Waals surface area contributed by atoms with Crippen molar-refractivity contribution in [3.8, 4) is 0 Å². The third-order valence-electron chi connectivity index (χ3n) is 14.4. The molecule has 0 aliphatic rings. The van der Waals surface area contributed by atoms with Gasteiger partial charge in [0.15, 0.2) is 6.10 Å². The van der Waals surface area contributed by atoms with Gasteiger partial charge in [0, 0.05) is 12.8 Å². The van der Waals surface area contributed by atoms with Crippen LogP contribution in [0, 0.1) is 0 Å². The van der Waals surface area contributed by atoms with Gasteiger partial charge >= 0.3 is 17.9 Å². The standard InChI is InChI=1S/C76H126O6/c1-4-7-10-13-16-19-22-25-28-30-32-33-34-35-36-37-38-39-40-41-42-43-44-46-48-51-54-57-60-63-66-69-75(78)81-72-73(71-80-74(77)68-65-62-59-56-53-50-47-27-24-21-18-15-12-9-6-3)82-76(79)70-67-64-61-58-55-52-49-45-31-29-26-23-20-17-14-11-8-5-2/h7,9-10,12,16,18-19,21,25,27-28,32-33,35-36,38-39,47,53,56,62,65,73H,4-6,8,11,13-15,17,20,22-24,26,29-31,34,37,40-46,48-52,54-55,57-61,63-64,66-72H2,1-3H3/b10-7-,12-9-,19-16-,21-18-,28-25-,33-32-,36-35-,39-38-,47-27-,56-53-,65-62-. The van der Waals surface area contributed by atoms with Crippen LogP contribution in [-0.2, 0) is 28.6 Å². The van der Waals surface area contributed by atoms with Gasteiger partial charge in [0.2, 0.25) is 0 Å². The molecule has 0 spiro atoms. The molecule has 0 rings (SSSR count). The summed E-state index contributed by atoms with van der Waals surface area (Å²) in [5, 5.41) is 0. The van der Waals surface area contributed by atoms with Crippen LogP contribution in [0.4, 0.5) is 0 Å². The quantitative estimate of drug-likeness (QED) is 0.0261. The van der Waals surface area contributed by atoms with Crippen molar-refractivity contribution in [1.29, 1.82) is 0 Å². The van der Waals surface area contributed by atoms with Crippen LogP contribution in [-0.4, -0.2) is 37.2 Å². The van der Waals surface area contributed by atoms with E-state index in [1.54, 1.807) is 6.08 Å². The zero-order valence-electron chi connectivity index (χ0n) is 53.5. The molecule has 1 atom stereocenters. The number of hydrogen-bond acceptors (Lipinski definition) is 6. The number of ether oxygens (including phenoxy) is 3. The predicted molar refractivity (Wildman–Crippen MR) is 357 cm³/mol. The summed E-state index contributed by atoms with van der Waals surface area (Å²) in [6, 6.07) is 0. The van der Waals surface area contributed by atoms with E-state index in [0.717, 1.165) is 109 Å². The van der Waals surface area contributed by atoms with Crippen molar-refractivity contribution >= 4 is 17.9 Å².